The predicted molar refractivity (Wildman–Crippen MR) is 120 cm³/mol. The van der Waals surface area contributed by atoms with Gasteiger partial charge in [0.1, 0.15) is 11.8 Å². The van der Waals surface area contributed by atoms with Crippen LogP contribution in [0.5, 0.6) is 5.75 Å². The summed E-state index contributed by atoms with van der Waals surface area (Å²) in [7, 11) is 0. The van der Waals surface area contributed by atoms with E-state index in [2.05, 4.69) is 12.3 Å². The molecule has 3 rings (SSSR count). The smallest absolute Gasteiger partial charge is 0.409 e. The summed E-state index contributed by atoms with van der Waals surface area (Å²) in [6.07, 6.45) is 2.28. The van der Waals surface area contributed by atoms with Crippen LogP contribution < -0.4 is 10.2 Å². The molecule has 0 saturated carbocycles. The molecule has 2 aromatic carbocycles. The highest BCUT2D eigenvalue weighted by atomic mass is 19.4. The molecule has 1 amide bonds. The van der Waals surface area contributed by atoms with Crippen LogP contribution in [0.15, 0.2) is 36.4 Å². The number of benzene rings is 2. The number of nitrogens with one attached hydrogen (secondary N) is 1. The maximum atomic E-state index is 14.1. The quantitative estimate of drug-likeness (QED) is 0.417. The summed E-state index contributed by atoms with van der Waals surface area (Å²) >= 11 is 0. The molecule has 0 unspecified atom stereocenters. The fourth-order valence-corrected chi connectivity index (χ4v) is 4.14. The third-order valence-electron chi connectivity index (χ3n) is 5.98. The minimum Gasteiger partial charge on any atom is -0.493 e. The zero-order valence-electron chi connectivity index (χ0n) is 19.1. The Morgan fingerprint density at radius 2 is 1.81 bits per heavy atom. The maximum Gasteiger partial charge on any atom is 0.409 e. The van der Waals surface area contributed by atoms with Crippen molar-refractivity contribution in [1.29, 1.82) is 0 Å². The lowest BCUT2D eigenvalue weighted by atomic mass is 9.93. The lowest BCUT2D eigenvalue weighted by Crippen LogP contribution is -2.43. The van der Waals surface area contributed by atoms with Crippen LogP contribution in [-0.2, 0) is 4.79 Å². The lowest BCUT2D eigenvalue weighted by molar-refractivity contribution is -0.191. The molecular formula is C25H33F3N2O2. The molecule has 1 aliphatic rings. The second-order valence-electron chi connectivity index (χ2n) is 9.25. The standard InChI is InChI=1S/C25H33F3N2O2/c1-4-5-6-7-8-9-15-32-21-12-10-11-18-13-14-19(16-20(18)21)22(25(26,27)28)30-17-24(2,3)23(31)29-30/h10-14,16,22H,4-9,15,17H2,1-3H3,(H,29,31)/t22-/m0/s1. The van der Waals surface area contributed by atoms with E-state index in [1.807, 2.05) is 12.1 Å². The Labute approximate surface area is 188 Å². The van der Waals surface area contributed by atoms with E-state index in [4.69, 9.17) is 4.74 Å². The molecule has 0 aliphatic carbocycles. The minimum absolute atomic E-state index is 0.0236. The first-order chi connectivity index (χ1) is 15.1. The van der Waals surface area contributed by atoms with Gasteiger partial charge in [-0.25, -0.2) is 5.01 Å². The summed E-state index contributed by atoms with van der Waals surface area (Å²) in [6.45, 7) is 5.98. The van der Waals surface area contributed by atoms with E-state index < -0.39 is 23.5 Å². The van der Waals surface area contributed by atoms with Crippen molar-refractivity contribution in [3.8, 4) is 5.75 Å². The molecule has 4 nitrogen and oxygen atoms in total. The van der Waals surface area contributed by atoms with Gasteiger partial charge in [-0.1, -0.05) is 63.3 Å². The summed E-state index contributed by atoms with van der Waals surface area (Å²) in [4.78, 5) is 12.1. The highest BCUT2D eigenvalue weighted by Gasteiger charge is 2.51. The van der Waals surface area contributed by atoms with Gasteiger partial charge in [0.2, 0.25) is 5.91 Å². The highest BCUT2D eigenvalue weighted by molar-refractivity contribution is 5.89. The molecule has 1 fully saturated rings. The molecule has 1 saturated heterocycles. The number of hydrazine groups is 1. The van der Waals surface area contributed by atoms with Gasteiger partial charge in [0.15, 0.2) is 0 Å². The lowest BCUT2D eigenvalue weighted by Gasteiger charge is -2.30. The number of carbonyl (C=O) groups is 1. The summed E-state index contributed by atoms with van der Waals surface area (Å²) < 4.78 is 48.2. The number of fused-ring (bicyclic) bond motifs is 1. The van der Waals surface area contributed by atoms with Gasteiger partial charge < -0.3 is 4.74 Å². The highest BCUT2D eigenvalue weighted by Crippen LogP contribution is 2.42. The maximum absolute atomic E-state index is 14.1. The van der Waals surface area contributed by atoms with Gasteiger partial charge >= 0.3 is 6.18 Å². The number of amides is 1. The van der Waals surface area contributed by atoms with E-state index in [9.17, 15) is 18.0 Å². The normalized spacial score (nSPS) is 17.5. The van der Waals surface area contributed by atoms with Gasteiger partial charge in [0.05, 0.1) is 12.0 Å². The van der Waals surface area contributed by atoms with Gasteiger partial charge in [-0.15, -0.1) is 0 Å². The minimum atomic E-state index is -4.55. The van der Waals surface area contributed by atoms with Crippen molar-refractivity contribution in [2.75, 3.05) is 13.2 Å². The number of hydrogen-bond donors (Lipinski definition) is 1. The molecule has 0 aromatic heterocycles. The Morgan fingerprint density at radius 1 is 1.09 bits per heavy atom. The first-order valence-electron chi connectivity index (χ1n) is 11.4. The van der Waals surface area contributed by atoms with Crippen molar-refractivity contribution in [2.45, 2.75) is 71.5 Å². The van der Waals surface area contributed by atoms with Crippen molar-refractivity contribution < 1.29 is 22.7 Å². The van der Waals surface area contributed by atoms with E-state index >= 15 is 0 Å². The van der Waals surface area contributed by atoms with Crippen molar-refractivity contribution >= 4 is 16.7 Å². The van der Waals surface area contributed by atoms with Gasteiger partial charge in [-0.05, 0) is 43.4 Å². The van der Waals surface area contributed by atoms with E-state index in [1.165, 1.54) is 31.7 Å². The number of unbranched alkanes of at least 4 members (excludes halogenated alkanes) is 5. The van der Waals surface area contributed by atoms with Crippen molar-refractivity contribution in [1.82, 2.24) is 10.4 Å². The van der Waals surface area contributed by atoms with Crippen LogP contribution in [0.2, 0.25) is 0 Å². The van der Waals surface area contributed by atoms with Crippen molar-refractivity contribution in [3.63, 3.8) is 0 Å². The molecule has 7 heteroatoms. The molecule has 0 radical (unpaired) electrons. The number of carbonyl (C=O) groups excluding carboxylic acids is 1. The fraction of sp³-hybridized carbons (Fsp3) is 0.560. The molecule has 1 N–H and O–H groups in total. The first kappa shape index (κ1) is 24.4. The van der Waals surface area contributed by atoms with Gasteiger partial charge in [0, 0.05) is 11.9 Å². The van der Waals surface area contributed by atoms with E-state index in [-0.39, 0.29) is 12.1 Å². The van der Waals surface area contributed by atoms with Crippen molar-refractivity contribution in [2.24, 2.45) is 5.41 Å². The first-order valence-corrected chi connectivity index (χ1v) is 11.4. The van der Waals surface area contributed by atoms with E-state index in [0.29, 0.717) is 17.7 Å². The summed E-state index contributed by atoms with van der Waals surface area (Å²) in [5.41, 5.74) is 1.62. The van der Waals surface area contributed by atoms with Crippen LogP contribution in [0, 0.1) is 5.41 Å². The fourth-order valence-electron chi connectivity index (χ4n) is 4.14. The number of alkyl halides is 3. The van der Waals surface area contributed by atoms with Crippen LogP contribution in [0.4, 0.5) is 13.2 Å². The molecule has 1 heterocycles. The van der Waals surface area contributed by atoms with E-state index in [1.54, 1.807) is 32.0 Å². The molecule has 2 aromatic rings. The average molecular weight is 451 g/mol. The second kappa shape index (κ2) is 10.1. The van der Waals surface area contributed by atoms with Crippen LogP contribution in [0.3, 0.4) is 0 Å². The van der Waals surface area contributed by atoms with Crippen LogP contribution in [0.25, 0.3) is 10.8 Å². The Balaban J connectivity index is 1.80. The SMILES string of the molecule is CCCCCCCCOc1cccc2ccc([C@H](N3CC(C)(C)C(=O)N3)C(F)(F)F)cc12. The molecule has 1 aliphatic heterocycles. The zero-order valence-corrected chi connectivity index (χ0v) is 19.1. The molecule has 1 atom stereocenters. The number of rotatable bonds is 10. The van der Waals surface area contributed by atoms with Gasteiger partial charge in [-0.3, -0.25) is 10.2 Å². The number of nitrogens with zero attached hydrogens (tertiary/aromatic N) is 1. The Kier molecular flexibility index (Phi) is 7.70. The monoisotopic (exact) mass is 450 g/mol. The second-order valence-corrected chi connectivity index (χ2v) is 9.25. The third-order valence-corrected chi connectivity index (χ3v) is 5.98. The van der Waals surface area contributed by atoms with Crippen LogP contribution >= 0.6 is 0 Å². The predicted octanol–water partition coefficient (Wildman–Crippen LogP) is 6.56. The largest absolute Gasteiger partial charge is 0.493 e. The number of hydrogen-bond acceptors (Lipinski definition) is 3. The number of halogens is 3. The van der Waals surface area contributed by atoms with Crippen molar-refractivity contribution in [3.05, 3.63) is 42.0 Å². The Bertz CT molecular complexity index is 927. The molecule has 0 spiro atoms. The topological polar surface area (TPSA) is 41.6 Å². The Hall–Kier alpha value is -2.28. The summed E-state index contributed by atoms with van der Waals surface area (Å²) in [5, 5.41) is 2.47. The summed E-state index contributed by atoms with van der Waals surface area (Å²) in [6, 6.07) is 8.29. The number of ether oxygens (including phenoxy) is 1. The molecule has 0 bridgehead atoms. The van der Waals surface area contributed by atoms with Crippen LogP contribution in [-0.4, -0.2) is 30.2 Å². The van der Waals surface area contributed by atoms with E-state index in [0.717, 1.165) is 23.2 Å². The zero-order chi connectivity index (χ0) is 23.4. The molecule has 176 valence electrons. The van der Waals surface area contributed by atoms with Gasteiger partial charge in [0.25, 0.3) is 0 Å². The average Bonchev–Trinajstić information content (AvgIpc) is 2.98. The molecule has 32 heavy (non-hydrogen) atoms. The third kappa shape index (κ3) is 5.74. The van der Waals surface area contributed by atoms with Gasteiger partial charge in [-0.2, -0.15) is 13.2 Å². The molecular weight excluding hydrogens is 417 g/mol. The van der Waals surface area contributed by atoms with Crippen LogP contribution in [0.1, 0.15) is 70.9 Å². The Morgan fingerprint density at radius 3 is 2.47 bits per heavy atom. The summed E-state index contributed by atoms with van der Waals surface area (Å²) in [5.74, 6) is 0.181.